The normalized spacial score (nSPS) is 20.6. The summed E-state index contributed by atoms with van der Waals surface area (Å²) in [6.07, 6.45) is 43.8. The Hall–Kier alpha value is -2.90. The van der Waals surface area contributed by atoms with E-state index in [1.165, 1.54) is 70.6 Å². The van der Waals surface area contributed by atoms with Gasteiger partial charge in [0, 0.05) is 6.42 Å². The van der Waals surface area contributed by atoms with Gasteiger partial charge in [0.1, 0.15) is 24.4 Å². The van der Waals surface area contributed by atoms with Crippen LogP contribution in [-0.4, -0.2) is 99.6 Å². The van der Waals surface area contributed by atoms with E-state index in [-0.39, 0.29) is 19.4 Å². The molecule has 8 atom stereocenters. The number of unbranched alkanes of at least 4 members (excludes halogenated alkanes) is 22. The number of esters is 1. The third-order valence-electron chi connectivity index (χ3n) is 12.2. The molecule has 0 aromatic heterocycles. The molecule has 67 heavy (non-hydrogen) atoms. The number of aliphatic hydroxyl groups excluding tert-OH is 5. The van der Waals surface area contributed by atoms with Gasteiger partial charge in [0.2, 0.25) is 5.91 Å². The number of ether oxygens (including phenoxy) is 3. The van der Waals surface area contributed by atoms with Crippen molar-refractivity contribution in [2.24, 2.45) is 0 Å². The van der Waals surface area contributed by atoms with Gasteiger partial charge in [-0.3, -0.25) is 9.59 Å². The van der Waals surface area contributed by atoms with Crippen molar-refractivity contribution in [3.05, 3.63) is 72.9 Å². The van der Waals surface area contributed by atoms with Gasteiger partial charge in [0.25, 0.3) is 0 Å². The van der Waals surface area contributed by atoms with Gasteiger partial charge in [0.15, 0.2) is 12.4 Å². The molecule has 1 heterocycles. The van der Waals surface area contributed by atoms with Crippen molar-refractivity contribution in [1.29, 1.82) is 0 Å². The first kappa shape index (κ1) is 62.1. The molecule has 1 aliphatic heterocycles. The van der Waals surface area contributed by atoms with Gasteiger partial charge in [-0.15, -0.1) is 0 Å². The van der Waals surface area contributed by atoms with Crippen LogP contribution in [-0.2, 0) is 23.8 Å². The topological polar surface area (TPSA) is 175 Å². The highest BCUT2D eigenvalue weighted by atomic mass is 16.7. The predicted octanol–water partition coefficient (Wildman–Crippen LogP) is 11.3. The quantitative estimate of drug-likeness (QED) is 0.0149. The minimum atomic E-state index is -1.63. The molecule has 11 nitrogen and oxygen atoms in total. The molecule has 1 rings (SSSR count). The minimum absolute atomic E-state index is 0.0937. The molecule has 0 aromatic rings. The minimum Gasteiger partial charge on any atom is -0.454 e. The zero-order valence-corrected chi connectivity index (χ0v) is 42.2. The van der Waals surface area contributed by atoms with Crippen LogP contribution in [0.5, 0.6) is 0 Å². The second-order valence-corrected chi connectivity index (χ2v) is 18.3. The van der Waals surface area contributed by atoms with Crippen LogP contribution in [0, 0.1) is 0 Å². The van der Waals surface area contributed by atoms with Gasteiger partial charge < -0.3 is 45.1 Å². The number of hydrogen-bond donors (Lipinski definition) is 6. The molecule has 0 aliphatic carbocycles. The number of rotatable bonds is 43. The monoisotopic (exact) mass is 944 g/mol. The third-order valence-corrected chi connectivity index (χ3v) is 12.2. The van der Waals surface area contributed by atoms with Crippen LogP contribution >= 0.6 is 0 Å². The van der Waals surface area contributed by atoms with E-state index in [2.05, 4.69) is 50.4 Å². The molecular weight excluding hydrogens is 847 g/mol. The summed E-state index contributed by atoms with van der Waals surface area (Å²) >= 11 is 0. The molecule has 1 fully saturated rings. The summed E-state index contributed by atoms with van der Waals surface area (Å²) in [5.74, 6) is -1.24. The van der Waals surface area contributed by atoms with Crippen LogP contribution in [0.1, 0.15) is 207 Å². The summed E-state index contributed by atoms with van der Waals surface area (Å²) in [4.78, 5) is 26.3. The second kappa shape index (κ2) is 44.3. The first-order chi connectivity index (χ1) is 32.7. The average molecular weight is 944 g/mol. The zero-order chi connectivity index (χ0) is 49.0. The highest BCUT2D eigenvalue weighted by Gasteiger charge is 2.47. The molecule has 1 aliphatic rings. The third kappa shape index (κ3) is 33.3. The van der Waals surface area contributed by atoms with Crippen molar-refractivity contribution in [1.82, 2.24) is 5.32 Å². The van der Waals surface area contributed by atoms with E-state index >= 15 is 0 Å². The van der Waals surface area contributed by atoms with Crippen LogP contribution in [0.2, 0.25) is 0 Å². The number of carbonyl (C=O) groups is 2. The molecule has 1 saturated heterocycles. The lowest BCUT2D eigenvalue weighted by atomic mass is 9.99. The van der Waals surface area contributed by atoms with E-state index in [0.29, 0.717) is 12.8 Å². The average Bonchev–Trinajstić information content (AvgIpc) is 3.32. The molecule has 0 spiro atoms. The summed E-state index contributed by atoms with van der Waals surface area (Å²) in [5, 5.41) is 56.6. The highest BCUT2D eigenvalue weighted by molar-refractivity contribution is 5.80. The van der Waals surface area contributed by atoms with E-state index in [1.807, 2.05) is 42.5 Å². The lowest BCUT2D eigenvalue weighted by molar-refractivity contribution is -0.305. The van der Waals surface area contributed by atoms with E-state index in [9.17, 15) is 35.1 Å². The lowest BCUT2D eigenvalue weighted by Gasteiger charge is -2.41. The number of hydrogen-bond acceptors (Lipinski definition) is 10. The van der Waals surface area contributed by atoms with Crippen LogP contribution < -0.4 is 5.32 Å². The van der Waals surface area contributed by atoms with Crippen molar-refractivity contribution in [2.45, 2.75) is 256 Å². The zero-order valence-electron chi connectivity index (χ0n) is 42.2. The summed E-state index contributed by atoms with van der Waals surface area (Å²) in [7, 11) is 0. The summed E-state index contributed by atoms with van der Waals surface area (Å²) in [6, 6.07) is -1.03. The van der Waals surface area contributed by atoms with Crippen molar-refractivity contribution >= 4 is 11.9 Å². The van der Waals surface area contributed by atoms with Gasteiger partial charge in [-0.05, 0) is 64.2 Å². The molecule has 8 unspecified atom stereocenters. The van der Waals surface area contributed by atoms with Gasteiger partial charge in [0.05, 0.1) is 25.4 Å². The molecule has 11 heteroatoms. The number of aliphatic hydroxyl groups is 5. The molecule has 0 radical (unpaired) electrons. The Balaban J connectivity index is 2.79. The van der Waals surface area contributed by atoms with Crippen molar-refractivity contribution in [2.75, 3.05) is 13.2 Å². The summed E-state index contributed by atoms with van der Waals surface area (Å²) in [5.41, 5.74) is 0. The molecule has 0 aromatic carbocycles. The van der Waals surface area contributed by atoms with Crippen molar-refractivity contribution < 1.29 is 49.3 Å². The maximum absolute atomic E-state index is 13.3. The Kier molecular flexibility index (Phi) is 41.1. The predicted molar refractivity (Wildman–Crippen MR) is 273 cm³/mol. The molecule has 0 bridgehead atoms. The van der Waals surface area contributed by atoms with Crippen LogP contribution in [0.15, 0.2) is 72.9 Å². The van der Waals surface area contributed by atoms with Crippen LogP contribution in [0.3, 0.4) is 0 Å². The first-order valence-corrected chi connectivity index (χ1v) is 26.8. The number of carbonyl (C=O) groups excluding carboxylic acids is 2. The van der Waals surface area contributed by atoms with Gasteiger partial charge in [-0.25, -0.2) is 0 Å². The molecule has 386 valence electrons. The largest absolute Gasteiger partial charge is 0.454 e. The first-order valence-electron chi connectivity index (χ1n) is 26.8. The number of allylic oxidation sites excluding steroid dienone is 11. The van der Waals surface area contributed by atoms with E-state index in [1.54, 1.807) is 6.08 Å². The standard InChI is InChI=1S/C56H97NO10/c1-4-7-10-13-16-19-22-24-25-27-29-32-35-38-41-44-51(61)67-54-53(63)52(62)50(45-58)66-56(54)65-46-47(48(59)42-39-36-33-31-28-26-23-20-17-14-11-8-5-2)57-55(64)49(60)43-40-37-34-30-21-18-15-12-9-6-3/h7,10,13,15-16,18-19,22,24-25,39,42,47-50,52-54,56,58-60,62-63H,4-6,8-9,11-12,14,17,20-21,23,26-38,40-41,43-46H2,1-3H3,(H,57,64)/b10-7+,16-13+,18-15-,22-19+,25-24-,42-39+. The highest BCUT2D eigenvalue weighted by Crippen LogP contribution is 2.26. The van der Waals surface area contributed by atoms with Crippen molar-refractivity contribution in [3.8, 4) is 0 Å². The lowest BCUT2D eigenvalue weighted by Crippen LogP contribution is -2.61. The van der Waals surface area contributed by atoms with Crippen LogP contribution in [0.25, 0.3) is 0 Å². The van der Waals surface area contributed by atoms with Gasteiger partial charge in [-0.2, -0.15) is 0 Å². The van der Waals surface area contributed by atoms with Crippen molar-refractivity contribution in [3.63, 3.8) is 0 Å². The smallest absolute Gasteiger partial charge is 0.306 e. The summed E-state index contributed by atoms with van der Waals surface area (Å²) in [6.45, 7) is 5.55. The van der Waals surface area contributed by atoms with Gasteiger partial charge in [-0.1, -0.05) is 209 Å². The van der Waals surface area contributed by atoms with E-state index in [4.69, 9.17) is 14.2 Å². The summed E-state index contributed by atoms with van der Waals surface area (Å²) < 4.78 is 17.5. The van der Waals surface area contributed by atoms with E-state index < -0.39 is 67.4 Å². The number of nitrogens with one attached hydrogen (secondary N) is 1. The fourth-order valence-electron chi connectivity index (χ4n) is 7.88. The Bertz CT molecular complexity index is 1360. The molecule has 6 N–H and O–H groups in total. The van der Waals surface area contributed by atoms with Gasteiger partial charge >= 0.3 is 5.97 Å². The Morgan fingerprint density at radius 3 is 1.70 bits per heavy atom. The number of amides is 1. The molecule has 0 saturated carbocycles. The second-order valence-electron chi connectivity index (χ2n) is 18.3. The van der Waals surface area contributed by atoms with Crippen LogP contribution in [0.4, 0.5) is 0 Å². The Labute approximate surface area is 407 Å². The maximum Gasteiger partial charge on any atom is 0.306 e. The molecular formula is C56H97NO10. The van der Waals surface area contributed by atoms with E-state index in [0.717, 1.165) is 89.9 Å². The SMILES string of the molecule is CC/C=C/C=C/C=C/C=C\CCCCCCCC(=O)OC1C(OCC(NC(=O)C(O)CCCCCC/C=C\CCCC)C(O)/C=C/CCCCCCCCCCCCC)OC(CO)C(O)C1O. The fraction of sp³-hybridized carbons (Fsp3) is 0.750. The fourth-order valence-corrected chi connectivity index (χ4v) is 7.88. The Morgan fingerprint density at radius 2 is 1.10 bits per heavy atom. The maximum atomic E-state index is 13.3. The molecule has 1 amide bonds. The Morgan fingerprint density at radius 1 is 0.597 bits per heavy atom.